The number of Topliss-reactive ketones (excluding diaryl/α,β-unsaturated/α-hetero) is 2. The van der Waals surface area contributed by atoms with E-state index in [2.05, 4.69) is 5.32 Å². The zero-order valence-electron chi connectivity index (χ0n) is 14.4. The number of carbonyl (C=O) groups is 4. The molecular weight excluding hydrogens is 294 g/mol. The summed E-state index contributed by atoms with van der Waals surface area (Å²) in [6.45, 7) is 8.74. The highest BCUT2D eigenvalue weighted by molar-refractivity contribution is 6.07. The molecule has 1 aromatic carbocycles. The fraction of sp³-hybridized carbons (Fsp3) is 0.444. The van der Waals surface area contributed by atoms with Crippen molar-refractivity contribution in [3.8, 4) is 0 Å². The van der Waals surface area contributed by atoms with Crippen LogP contribution in [-0.4, -0.2) is 23.4 Å². The maximum absolute atomic E-state index is 11.0. The average Bonchev–Trinajstić information content (AvgIpc) is 2.53. The highest BCUT2D eigenvalue weighted by Crippen LogP contribution is 2.10. The lowest BCUT2D eigenvalue weighted by atomic mass is 10.0. The van der Waals surface area contributed by atoms with Crippen LogP contribution in [0.4, 0.5) is 0 Å². The highest BCUT2D eigenvalue weighted by Gasteiger charge is 2.21. The molecule has 1 atom stereocenters. The third-order valence-electron chi connectivity index (χ3n) is 3.20. The lowest BCUT2D eigenvalue weighted by Crippen LogP contribution is -2.39. The third-order valence-corrected chi connectivity index (χ3v) is 3.20. The van der Waals surface area contributed by atoms with Crippen LogP contribution >= 0.6 is 0 Å². The fourth-order valence-corrected chi connectivity index (χ4v) is 1.90. The first-order valence-corrected chi connectivity index (χ1v) is 7.77. The minimum atomic E-state index is -0.141. The van der Waals surface area contributed by atoms with Gasteiger partial charge in [-0.15, -0.1) is 0 Å². The molecule has 2 amide bonds. The van der Waals surface area contributed by atoms with Crippen molar-refractivity contribution in [3.63, 3.8) is 0 Å². The first kappa shape index (κ1) is 20.7. The summed E-state index contributed by atoms with van der Waals surface area (Å²) in [5.41, 5.74) is 1.01. The molecule has 1 aliphatic heterocycles. The Morgan fingerprint density at radius 3 is 1.74 bits per heavy atom. The zero-order chi connectivity index (χ0) is 18.0. The maximum Gasteiger partial charge on any atom is 0.229 e. The largest absolute Gasteiger partial charge is 0.296 e. The van der Waals surface area contributed by atoms with Crippen LogP contribution in [0.15, 0.2) is 24.3 Å². The maximum atomic E-state index is 11.0. The van der Waals surface area contributed by atoms with Gasteiger partial charge in [0.2, 0.25) is 11.8 Å². The van der Waals surface area contributed by atoms with Crippen LogP contribution in [0.5, 0.6) is 0 Å². The zero-order valence-corrected chi connectivity index (χ0v) is 14.4. The average molecular weight is 319 g/mol. The van der Waals surface area contributed by atoms with Crippen molar-refractivity contribution >= 4 is 23.4 Å². The molecule has 1 unspecified atom stereocenters. The number of ketones is 2. The Hall–Kier alpha value is -2.30. The standard InChI is InChI=1S/C10H10O2.C6H9NO2.C2H6/c1-7(11)9-5-3-4-6-10(9)8(2)12;1-4-2-3-5(8)7-6(4)9;1-2/h3-6H,1-2H3;4H,2-3H2,1H3,(H,7,8,9);1-2H3. The van der Waals surface area contributed by atoms with Crippen LogP contribution in [0.3, 0.4) is 0 Å². The van der Waals surface area contributed by atoms with Gasteiger partial charge in [0.05, 0.1) is 0 Å². The predicted molar refractivity (Wildman–Crippen MR) is 89.3 cm³/mol. The molecule has 1 aromatic rings. The molecule has 5 heteroatoms. The van der Waals surface area contributed by atoms with Crippen molar-refractivity contribution in [3.05, 3.63) is 35.4 Å². The number of hydrogen-bond donors (Lipinski definition) is 1. The Morgan fingerprint density at radius 1 is 1.00 bits per heavy atom. The van der Waals surface area contributed by atoms with Gasteiger partial charge in [-0.2, -0.15) is 0 Å². The van der Waals surface area contributed by atoms with Gasteiger partial charge in [0.25, 0.3) is 0 Å². The molecule has 2 rings (SSSR count). The monoisotopic (exact) mass is 319 g/mol. The molecule has 5 nitrogen and oxygen atoms in total. The Morgan fingerprint density at radius 2 is 1.43 bits per heavy atom. The van der Waals surface area contributed by atoms with E-state index in [0.717, 1.165) is 0 Å². The summed E-state index contributed by atoms with van der Waals surface area (Å²) in [6, 6.07) is 6.84. The minimum Gasteiger partial charge on any atom is -0.296 e. The molecule has 0 aromatic heterocycles. The van der Waals surface area contributed by atoms with Crippen LogP contribution < -0.4 is 5.32 Å². The van der Waals surface area contributed by atoms with E-state index < -0.39 is 0 Å². The smallest absolute Gasteiger partial charge is 0.229 e. The van der Waals surface area contributed by atoms with Crippen LogP contribution in [0.2, 0.25) is 0 Å². The molecule has 1 aliphatic rings. The summed E-state index contributed by atoms with van der Waals surface area (Å²) in [5, 5.41) is 2.25. The molecule has 0 bridgehead atoms. The van der Waals surface area contributed by atoms with E-state index in [1.165, 1.54) is 13.8 Å². The number of nitrogens with one attached hydrogen (secondary N) is 1. The molecular formula is C18H25NO4. The van der Waals surface area contributed by atoms with E-state index in [4.69, 9.17) is 0 Å². The predicted octanol–water partition coefficient (Wildman–Crippen LogP) is 3.18. The van der Waals surface area contributed by atoms with Gasteiger partial charge in [-0.1, -0.05) is 45.0 Å². The van der Waals surface area contributed by atoms with Gasteiger partial charge < -0.3 is 0 Å². The second-order valence-corrected chi connectivity index (χ2v) is 5.01. The summed E-state index contributed by atoms with van der Waals surface area (Å²) < 4.78 is 0. The molecule has 0 radical (unpaired) electrons. The molecule has 1 heterocycles. The topological polar surface area (TPSA) is 80.3 Å². The highest BCUT2D eigenvalue weighted by atomic mass is 16.2. The number of amides is 2. The number of hydrogen-bond acceptors (Lipinski definition) is 4. The third kappa shape index (κ3) is 7.00. The second kappa shape index (κ2) is 10.4. The van der Waals surface area contributed by atoms with Gasteiger partial charge >= 0.3 is 0 Å². The summed E-state index contributed by atoms with van der Waals surface area (Å²) in [6.07, 6.45) is 1.19. The minimum absolute atomic E-state index is 0.0164. The molecule has 1 N–H and O–H groups in total. The molecule has 126 valence electrons. The first-order chi connectivity index (χ1) is 10.8. The van der Waals surface area contributed by atoms with Crippen LogP contribution in [0, 0.1) is 5.92 Å². The Labute approximate surface area is 137 Å². The van der Waals surface area contributed by atoms with Crippen molar-refractivity contribution in [1.82, 2.24) is 5.32 Å². The summed E-state index contributed by atoms with van der Waals surface area (Å²) >= 11 is 0. The van der Waals surface area contributed by atoms with Gasteiger partial charge in [0.1, 0.15) is 0 Å². The van der Waals surface area contributed by atoms with Crippen molar-refractivity contribution in [2.45, 2.75) is 47.5 Å². The van der Waals surface area contributed by atoms with E-state index in [0.29, 0.717) is 24.0 Å². The number of carbonyl (C=O) groups excluding carboxylic acids is 4. The Balaban J connectivity index is 0.000000392. The summed E-state index contributed by atoms with van der Waals surface area (Å²) in [7, 11) is 0. The number of piperidine rings is 1. The Kier molecular flexibility index (Phi) is 9.39. The quantitative estimate of drug-likeness (QED) is 0.670. The first-order valence-electron chi connectivity index (χ1n) is 7.77. The van der Waals surface area contributed by atoms with Crippen LogP contribution in [0.1, 0.15) is 68.2 Å². The van der Waals surface area contributed by atoms with Gasteiger partial charge in [-0.25, -0.2) is 0 Å². The molecule has 1 saturated heterocycles. The molecule has 1 fully saturated rings. The van der Waals surface area contributed by atoms with E-state index in [1.54, 1.807) is 24.3 Å². The van der Waals surface area contributed by atoms with Crippen LogP contribution in [-0.2, 0) is 9.59 Å². The van der Waals surface area contributed by atoms with Crippen molar-refractivity contribution in [2.75, 3.05) is 0 Å². The molecule has 0 aliphatic carbocycles. The van der Waals surface area contributed by atoms with Gasteiger partial charge in [0.15, 0.2) is 11.6 Å². The lowest BCUT2D eigenvalue weighted by Gasteiger charge is -2.15. The van der Waals surface area contributed by atoms with Crippen molar-refractivity contribution in [2.24, 2.45) is 5.92 Å². The van der Waals surface area contributed by atoms with E-state index in [1.807, 2.05) is 20.8 Å². The fourth-order valence-electron chi connectivity index (χ4n) is 1.90. The van der Waals surface area contributed by atoms with E-state index in [9.17, 15) is 19.2 Å². The van der Waals surface area contributed by atoms with Gasteiger partial charge in [-0.05, 0) is 20.3 Å². The summed E-state index contributed by atoms with van der Waals surface area (Å²) in [5.74, 6) is -0.395. The van der Waals surface area contributed by atoms with E-state index in [-0.39, 0.29) is 29.3 Å². The summed E-state index contributed by atoms with van der Waals surface area (Å²) in [4.78, 5) is 43.2. The second-order valence-electron chi connectivity index (χ2n) is 5.01. The Bertz CT molecular complexity index is 545. The molecule has 0 saturated carbocycles. The van der Waals surface area contributed by atoms with E-state index >= 15 is 0 Å². The lowest BCUT2D eigenvalue weighted by molar-refractivity contribution is -0.135. The normalized spacial score (nSPS) is 16.1. The number of benzene rings is 1. The molecule has 0 spiro atoms. The van der Waals surface area contributed by atoms with Crippen LogP contribution in [0.25, 0.3) is 0 Å². The van der Waals surface area contributed by atoms with Crippen molar-refractivity contribution in [1.29, 1.82) is 0 Å². The van der Waals surface area contributed by atoms with Gasteiger partial charge in [-0.3, -0.25) is 24.5 Å². The number of imide groups is 1. The van der Waals surface area contributed by atoms with Gasteiger partial charge in [0, 0.05) is 23.5 Å². The SMILES string of the molecule is CC.CC(=O)c1ccccc1C(C)=O.CC1CCC(=O)NC1=O. The number of rotatable bonds is 2. The van der Waals surface area contributed by atoms with Crippen molar-refractivity contribution < 1.29 is 19.2 Å². The molecule has 23 heavy (non-hydrogen) atoms.